The van der Waals surface area contributed by atoms with Crippen LogP contribution in [0.1, 0.15) is 44.1 Å². The Balaban J connectivity index is 1.62. The highest BCUT2D eigenvalue weighted by atomic mass is 79.9. The molecule has 2 nitrogen and oxygen atoms in total. The van der Waals surface area contributed by atoms with Gasteiger partial charge < -0.3 is 10.1 Å². The third-order valence-electron chi connectivity index (χ3n) is 5.26. The van der Waals surface area contributed by atoms with E-state index in [1.54, 1.807) is 0 Å². The van der Waals surface area contributed by atoms with Crippen LogP contribution in [-0.2, 0) is 11.3 Å². The zero-order valence-electron chi connectivity index (χ0n) is 12.2. The first-order valence-electron chi connectivity index (χ1n) is 7.78. The smallest absolute Gasteiger partial charge is 0.0721 e. The molecule has 0 heterocycles. The van der Waals surface area contributed by atoms with Crippen molar-refractivity contribution < 1.29 is 4.74 Å². The minimum absolute atomic E-state index is 0.416. The fourth-order valence-electron chi connectivity index (χ4n) is 4.09. The van der Waals surface area contributed by atoms with E-state index in [1.807, 2.05) is 0 Å². The maximum Gasteiger partial charge on any atom is 0.0721 e. The first kappa shape index (κ1) is 14.6. The second kappa shape index (κ2) is 6.17. The standard InChI is InChI=1S/C17H24BrNO/c1-19-15-11-16(17(15)8-3-2-4-9-17)20-12-13-6-5-7-14(18)10-13/h5-7,10,15-16,19H,2-4,8-9,11-12H2,1H3. The molecule has 0 radical (unpaired) electrons. The minimum Gasteiger partial charge on any atom is -0.373 e. The molecule has 1 aromatic carbocycles. The predicted molar refractivity (Wildman–Crippen MR) is 85.7 cm³/mol. The summed E-state index contributed by atoms with van der Waals surface area (Å²) in [5.41, 5.74) is 1.68. The van der Waals surface area contributed by atoms with Gasteiger partial charge in [0.15, 0.2) is 0 Å². The molecular formula is C17H24BrNO. The molecule has 0 aromatic heterocycles. The van der Waals surface area contributed by atoms with Gasteiger partial charge in [-0.2, -0.15) is 0 Å². The van der Waals surface area contributed by atoms with E-state index in [2.05, 4.69) is 52.6 Å². The van der Waals surface area contributed by atoms with Crippen molar-refractivity contribution in [1.82, 2.24) is 5.32 Å². The number of rotatable bonds is 4. The lowest BCUT2D eigenvalue weighted by Gasteiger charge is -2.57. The predicted octanol–water partition coefficient (Wildman–Crippen LogP) is 4.28. The molecule has 3 heteroatoms. The van der Waals surface area contributed by atoms with Crippen molar-refractivity contribution in [2.45, 2.75) is 57.3 Å². The summed E-state index contributed by atoms with van der Waals surface area (Å²) in [6, 6.07) is 9.10. The lowest BCUT2D eigenvalue weighted by atomic mass is 9.55. The fraction of sp³-hybridized carbons (Fsp3) is 0.647. The van der Waals surface area contributed by atoms with Gasteiger partial charge in [-0.05, 0) is 44.0 Å². The van der Waals surface area contributed by atoms with E-state index in [0.717, 1.165) is 11.1 Å². The molecule has 2 aliphatic carbocycles. The Morgan fingerprint density at radius 3 is 2.80 bits per heavy atom. The van der Waals surface area contributed by atoms with E-state index < -0.39 is 0 Å². The highest BCUT2D eigenvalue weighted by molar-refractivity contribution is 9.10. The van der Waals surface area contributed by atoms with E-state index in [0.29, 0.717) is 17.6 Å². The first-order valence-corrected chi connectivity index (χ1v) is 8.57. The van der Waals surface area contributed by atoms with E-state index in [9.17, 15) is 0 Å². The van der Waals surface area contributed by atoms with Crippen LogP contribution in [0.15, 0.2) is 28.7 Å². The van der Waals surface area contributed by atoms with Crippen molar-refractivity contribution in [2.24, 2.45) is 5.41 Å². The summed E-state index contributed by atoms with van der Waals surface area (Å²) in [5.74, 6) is 0. The maximum atomic E-state index is 6.28. The summed E-state index contributed by atoms with van der Waals surface area (Å²) >= 11 is 3.53. The van der Waals surface area contributed by atoms with Gasteiger partial charge in [-0.15, -0.1) is 0 Å². The summed E-state index contributed by atoms with van der Waals surface area (Å²) in [6.07, 6.45) is 8.42. The maximum absolute atomic E-state index is 6.28. The van der Waals surface area contributed by atoms with Gasteiger partial charge in [-0.1, -0.05) is 47.3 Å². The molecule has 2 atom stereocenters. The van der Waals surface area contributed by atoms with Crippen molar-refractivity contribution in [3.05, 3.63) is 34.3 Å². The second-order valence-corrected chi connectivity index (χ2v) is 7.22. The van der Waals surface area contributed by atoms with Crippen molar-refractivity contribution in [1.29, 1.82) is 0 Å². The van der Waals surface area contributed by atoms with Crippen molar-refractivity contribution >= 4 is 15.9 Å². The second-order valence-electron chi connectivity index (χ2n) is 6.30. The Kier molecular flexibility index (Phi) is 4.49. The third-order valence-corrected chi connectivity index (χ3v) is 5.75. The van der Waals surface area contributed by atoms with E-state index in [4.69, 9.17) is 4.74 Å². The van der Waals surface area contributed by atoms with E-state index in [-0.39, 0.29) is 0 Å². The van der Waals surface area contributed by atoms with Crippen LogP contribution in [0.3, 0.4) is 0 Å². The molecule has 1 aromatic rings. The van der Waals surface area contributed by atoms with Crippen molar-refractivity contribution in [3.8, 4) is 0 Å². The van der Waals surface area contributed by atoms with Gasteiger partial charge in [0.05, 0.1) is 12.7 Å². The van der Waals surface area contributed by atoms with Gasteiger partial charge in [-0.3, -0.25) is 0 Å². The van der Waals surface area contributed by atoms with E-state index >= 15 is 0 Å². The summed E-state index contributed by atoms with van der Waals surface area (Å²) in [6.45, 7) is 0.738. The van der Waals surface area contributed by atoms with Gasteiger partial charge in [0, 0.05) is 15.9 Å². The highest BCUT2D eigenvalue weighted by Crippen LogP contribution is 2.53. The third kappa shape index (κ3) is 2.68. The normalized spacial score (nSPS) is 28.3. The molecule has 2 unspecified atom stereocenters. The lowest BCUT2D eigenvalue weighted by Crippen LogP contribution is -2.63. The molecule has 3 rings (SSSR count). The van der Waals surface area contributed by atoms with Crippen LogP contribution in [0.4, 0.5) is 0 Å². The van der Waals surface area contributed by atoms with Crippen molar-refractivity contribution in [3.63, 3.8) is 0 Å². The number of halogens is 1. The fourth-order valence-corrected chi connectivity index (χ4v) is 4.54. The molecule has 1 N–H and O–H groups in total. The molecule has 0 amide bonds. The van der Waals surface area contributed by atoms with Crippen LogP contribution in [-0.4, -0.2) is 19.2 Å². The molecular weight excluding hydrogens is 314 g/mol. The Bertz CT molecular complexity index is 456. The van der Waals surface area contributed by atoms with Crippen LogP contribution < -0.4 is 5.32 Å². The Hall–Kier alpha value is -0.380. The van der Waals surface area contributed by atoms with Crippen LogP contribution in [0.5, 0.6) is 0 Å². The Morgan fingerprint density at radius 2 is 2.10 bits per heavy atom. The summed E-state index contributed by atoms with van der Waals surface area (Å²) in [5, 5.41) is 3.51. The summed E-state index contributed by atoms with van der Waals surface area (Å²) in [4.78, 5) is 0. The van der Waals surface area contributed by atoms with Crippen LogP contribution >= 0.6 is 15.9 Å². The largest absolute Gasteiger partial charge is 0.373 e. The average molecular weight is 338 g/mol. The molecule has 2 saturated carbocycles. The van der Waals surface area contributed by atoms with E-state index in [1.165, 1.54) is 44.1 Å². The molecule has 0 saturated heterocycles. The molecule has 20 heavy (non-hydrogen) atoms. The number of hydrogen-bond donors (Lipinski definition) is 1. The lowest BCUT2D eigenvalue weighted by molar-refractivity contribution is -0.157. The zero-order chi connectivity index (χ0) is 14.0. The molecule has 1 spiro atoms. The van der Waals surface area contributed by atoms with Crippen LogP contribution in [0, 0.1) is 5.41 Å². The molecule has 2 aliphatic rings. The number of ether oxygens (including phenoxy) is 1. The minimum atomic E-state index is 0.416. The molecule has 2 fully saturated rings. The topological polar surface area (TPSA) is 21.3 Å². The summed E-state index contributed by atoms with van der Waals surface area (Å²) in [7, 11) is 2.10. The molecule has 0 aliphatic heterocycles. The average Bonchev–Trinajstić information content (AvgIpc) is 2.47. The first-order chi connectivity index (χ1) is 9.74. The summed E-state index contributed by atoms with van der Waals surface area (Å²) < 4.78 is 7.42. The number of nitrogens with one attached hydrogen (secondary N) is 1. The molecule has 0 bridgehead atoms. The van der Waals surface area contributed by atoms with Gasteiger partial charge in [0.2, 0.25) is 0 Å². The molecule has 110 valence electrons. The van der Waals surface area contributed by atoms with Gasteiger partial charge in [0.25, 0.3) is 0 Å². The van der Waals surface area contributed by atoms with Gasteiger partial charge >= 0.3 is 0 Å². The monoisotopic (exact) mass is 337 g/mol. The van der Waals surface area contributed by atoms with Crippen LogP contribution in [0.2, 0.25) is 0 Å². The zero-order valence-corrected chi connectivity index (χ0v) is 13.8. The van der Waals surface area contributed by atoms with Gasteiger partial charge in [-0.25, -0.2) is 0 Å². The Labute approximate surface area is 130 Å². The van der Waals surface area contributed by atoms with Crippen molar-refractivity contribution in [2.75, 3.05) is 7.05 Å². The van der Waals surface area contributed by atoms with Crippen LogP contribution in [0.25, 0.3) is 0 Å². The highest BCUT2D eigenvalue weighted by Gasteiger charge is 2.54. The SMILES string of the molecule is CNC1CC(OCc2cccc(Br)c2)C12CCCCC2. The van der Waals surface area contributed by atoms with Gasteiger partial charge in [0.1, 0.15) is 0 Å². The Morgan fingerprint density at radius 1 is 1.30 bits per heavy atom. The quantitative estimate of drug-likeness (QED) is 0.885. The number of benzene rings is 1. The number of hydrogen-bond acceptors (Lipinski definition) is 2.